The fourth-order valence-corrected chi connectivity index (χ4v) is 4.00. The Bertz CT molecular complexity index is 1210. The van der Waals surface area contributed by atoms with Crippen LogP contribution >= 0.6 is 11.8 Å². The van der Waals surface area contributed by atoms with E-state index in [1.54, 1.807) is 17.7 Å². The lowest BCUT2D eigenvalue weighted by atomic mass is 10.1. The topological polar surface area (TPSA) is 83.6 Å². The van der Waals surface area contributed by atoms with Gasteiger partial charge in [0.2, 0.25) is 5.91 Å². The van der Waals surface area contributed by atoms with E-state index < -0.39 is 23.2 Å². The Morgan fingerprint density at radius 2 is 1.84 bits per heavy atom. The minimum atomic E-state index is -4.69. The normalized spacial score (nSPS) is 11.3. The molecule has 0 aliphatic rings. The van der Waals surface area contributed by atoms with Crippen LogP contribution in [0.2, 0.25) is 0 Å². The number of rotatable bonds is 5. The van der Waals surface area contributed by atoms with Crippen molar-refractivity contribution in [1.29, 1.82) is 5.26 Å². The smallest absolute Gasteiger partial charge is 0.322 e. The molecule has 2 heterocycles. The number of thioether (sulfide) groups is 1. The number of carbonyl (C=O) groups excluding carboxylic acids is 1. The van der Waals surface area contributed by atoms with E-state index in [1.807, 2.05) is 38.1 Å². The summed E-state index contributed by atoms with van der Waals surface area (Å²) >= 11 is 0.787. The van der Waals surface area contributed by atoms with Gasteiger partial charge in [-0.1, -0.05) is 29.5 Å². The molecule has 0 fully saturated rings. The molecule has 3 rings (SSSR count). The third-order valence-corrected chi connectivity index (χ3v) is 5.68. The SMILES string of the molecule is Cc1ccc(-n2nc(C)c(NC(=O)CSc3nc(C)cc(C(F)(F)F)c3C#N)c2C)cc1. The molecule has 166 valence electrons. The summed E-state index contributed by atoms with van der Waals surface area (Å²) in [6, 6.07) is 10.1. The zero-order chi connectivity index (χ0) is 23.6. The van der Waals surface area contributed by atoms with Crippen LogP contribution in [0.25, 0.3) is 5.69 Å². The summed E-state index contributed by atoms with van der Waals surface area (Å²) in [4.78, 5) is 16.6. The molecule has 0 atom stereocenters. The van der Waals surface area contributed by atoms with Crippen molar-refractivity contribution in [2.24, 2.45) is 0 Å². The van der Waals surface area contributed by atoms with Gasteiger partial charge in [-0.3, -0.25) is 4.79 Å². The van der Waals surface area contributed by atoms with E-state index >= 15 is 0 Å². The number of amides is 1. The molecule has 1 N–H and O–H groups in total. The van der Waals surface area contributed by atoms with Crippen molar-refractivity contribution in [3.05, 3.63) is 64.1 Å². The van der Waals surface area contributed by atoms with E-state index in [4.69, 9.17) is 0 Å². The summed E-state index contributed by atoms with van der Waals surface area (Å²) in [6.45, 7) is 6.96. The number of carbonyl (C=O) groups is 1. The lowest BCUT2D eigenvalue weighted by molar-refractivity contribution is -0.138. The van der Waals surface area contributed by atoms with Gasteiger partial charge in [-0.15, -0.1) is 0 Å². The van der Waals surface area contributed by atoms with E-state index in [-0.39, 0.29) is 16.5 Å². The lowest BCUT2D eigenvalue weighted by Gasteiger charge is -2.13. The number of aryl methyl sites for hydroxylation is 3. The van der Waals surface area contributed by atoms with E-state index in [9.17, 15) is 23.2 Å². The highest BCUT2D eigenvalue weighted by molar-refractivity contribution is 8.00. The maximum absolute atomic E-state index is 13.3. The molecule has 10 heteroatoms. The van der Waals surface area contributed by atoms with Gasteiger partial charge < -0.3 is 5.32 Å². The van der Waals surface area contributed by atoms with Crippen molar-refractivity contribution in [1.82, 2.24) is 14.8 Å². The first-order valence-electron chi connectivity index (χ1n) is 9.56. The highest BCUT2D eigenvalue weighted by Crippen LogP contribution is 2.36. The third kappa shape index (κ3) is 4.94. The Balaban J connectivity index is 1.79. The molecule has 2 aromatic heterocycles. The van der Waals surface area contributed by atoms with Gasteiger partial charge in [0, 0.05) is 5.69 Å². The van der Waals surface area contributed by atoms with Gasteiger partial charge >= 0.3 is 6.18 Å². The van der Waals surface area contributed by atoms with Crippen molar-refractivity contribution in [2.75, 3.05) is 11.1 Å². The van der Waals surface area contributed by atoms with Crippen LogP contribution in [0.5, 0.6) is 0 Å². The van der Waals surface area contributed by atoms with Gasteiger partial charge in [0.15, 0.2) is 0 Å². The molecule has 0 aliphatic heterocycles. The van der Waals surface area contributed by atoms with Crippen molar-refractivity contribution in [3.8, 4) is 11.8 Å². The van der Waals surface area contributed by atoms with Crippen molar-refractivity contribution < 1.29 is 18.0 Å². The quantitative estimate of drug-likeness (QED) is 0.536. The Labute approximate surface area is 187 Å². The fraction of sp³-hybridized carbons (Fsp3) is 0.273. The Morgan fingerprint density at radius 1 is 1.19 bits per heavy atom. The number of nitrogens with one attached hydrogen (secondary N) is 1. The second-order valence-electron chi connectivity index (χ2n) is 7.23. The molecule has 1 aromatic carbocycles. The molecule has 0 saturated heterocycles. The first-order valence-corrected chi connectivity index (χ1v) is 10.5. The number of halogens is 3. The zero-order valence-electron chi connectivity index (χ0n) is 17.8. The predicted molar refractivity (Wildman–Crippen MR) is 116 cm³/mol. The monoisotopic (exact) mass is 459 g/mol. The average molecular weight is 459 g/mol. The van der Waals surface area contributed by atoms with Gasteiger partial charge in [0.25, 0.3) is 0 Å². The summed E-state index contributed by atoms with van der Waals surface area (Å²) in [5, 5.41) is 16.4. The van der Waals surface area contributed by atoms with Gasteiger partial charge in [-0.2, -0.15) is 23.5 Å². The van der Waals surface area contributed by atoms with Gasteiger partial charge in [-0.25, -0.2) is 9.67 Å². The minimum Gasteiger partial charge on any atom is -0.322 e. The lowest BCUT2D eigenvalue weighted by Crippen LogP contribution is -2.16. The highest BCUT2D eigenvalue weighted by atomic mass is 32.2. The Morgan fingerprint density at radius 3 is 2.44 bits per heavy atom. The van der Waals surface area contributed by atoms with E-state index in [2.05, 4.69) is 15.4 Å². The van der Waals surface area contributed by atoms with E-state index in [1.165, 1.54) is 6.92 Å². The first-order chi connectivity index (χ1) is 15.0. The number of benzene rings is 1. The molecular weight excluding hydrogens is 439 g/mol. The molecule has 1 amide bonds. The molecule has 6 nitrogen and oxygen atoms in total. The number of anilines is 1. The highest BCUT2D eigenvalue weighted by Gasteiger charge is 2.35. The largest absolute Gasteiger partial charge is 0.417 e. The van der Waals surface area contributed by atoms with Crippen LogP contribution in [0.15, 0.2) is 35.4 Å². The number of aromatic nitrogens is 3. The van der Waals surface area contributed by atoms with Crippen LogP contribution in [0, 0.1) is 39.0 Å². The fourth-order valence-electron chi connectivity index (χ4n) is 3.15. The molecule has 0 unspecified atom stereocenters. The molecule has 0 saturated carbocycles. The maximum Gasteiger partial charge on any atom is 0.417 e. The maximum atomic E-state index is 13.3. The second kappa shape index (κ2) is 9.04. The summed E-state index contributed by atoms with van der Waals surface area (Å²) in [5.74, 6) is -0.651. The van der Waals surface area contributed by atoms with Crippen molar-refractivity contribution >= 4 is 23.4 Å². The van der Waals surface area contributed by atoms with Crippen LogP contribution < -0.4 is 5.32 Å². The zero-order valence-corrected chi connectivity index (χ0v) is 18.6. The molecular formula is C22H20F3N5OS. The number of nitriles is 1. The van der Waals surface area contributed by atoms with E-state index in [0.717, 1.165) is 34.8 Å². The first kappa shape index (κ1) is 23.3. The number of nitrogens with zero attached hydrogens (tertiary/aromatic N) is 4. The standard InChI is InChI=1S/C22H20F3N5OS/c1-12-5-7-16(8-6-12)30-15(4)20(14(3)29-30)28-19(31)11-32-21-17(10-26)18(22(23,24)25)9-13(2)27-21/h5-9H,11H2,1-4H3,(H,28,31). The summed E-state index contributed by atoms with van der Waals surface area (Å²) in [7, 11) is 0. The number of alkyl halides is 3. The van der Waals surface area contributed by atoms with E-state index in [0.29, 0.717) is 11.4 Å². The van der Waals surface area contributed by atoms with Gasteiger partial charge in [0.1, 0.15) is 11.1 Å². The molecule has 32 heavy (non-hydrogen) atoms. The van der Waals surface area contributed by atoms with Crippen molar-refractivity contribution in [3.63, 3.8) is 0 Å². The Hall–Kier alpha value is -3.32. The predicted octanol–water partition coefficient (Wildman–Crippen LogP) is 5.12. The molecule has 0 radical (unpaired) electrons. The molecule has 0 spiro atoms. The molecule has 0 bridgehead atoms. The number of pyridine rings is 1. The second-order valence-corrected chi connectivity index (χ2v) is 8.19. The number of hydrogen-bond acceptors (Lipinski definition) is 5. The Kier molecular flexibility index (Phi) is 6.60. The summed E-state index contributed by atoms with van der Waals surface area (Å²) in [5.41, 5.74) is 2.28. The average Bonchev–Trinajstić information content (AvgIpc) is 3.00. The third-order valence-electron chi connectivity index (χ3n) is 4.71. The number of hydrogen-bond donors (Lipinski definition) is 1. The minimum absolute atomic E-state index is 0.116. The summed E-state index contributed by atoms with van der Waals surface area (Å²) < 4.78 is 41.5. The van der Waals surface area contributed by atoms with Crippen LogP contribution in [0.1, 0.15) is 33.8 Å². The van der Waals surface area contributed by atoms with Crippen LogP contribution in [-0.2, 0) is 11.0 Å². The van der Waals surface area contributed by atoms with Crippen molar-refractivity contribution in [2.45, 2.75) is 38.9 Å². The summed E-state index contributed by atoms with van der Waals surface area (Å²) in [6.07, 6.45) is -4.69. The molecule has 0 aliphatic carbocycles. The van der Waals surface area contributed by atoms with Gasteiger partial charge in [-0.05, 0) is 45.9 Å². The van der Waals surface area contributed by atoms with Crippen LogP contribution in [-0.4, -0.2) is 26.4 Å². The van der Waals surface area contributed by atoms with Crippen LogP contribution in [0.3, 0.4) is 0 Å². The van der Waals surface area contributed by atoms with Crippen LogP contribution in [0.4, 0.5) is 18.9 Å². The molecule has 3 aromatic rings. The van der Waals surface area contributed by atoms with Gasteiger partial charge in [0.05, 0.1) is 39.6 Å².